The van der Waals surface area contributed by atoms with Gasteiger partial charge in [0.25, 0.3) is 15.7 Å². The molecule has 8 nitrogen and oxygen atoms in total. The highest BCUT2D eigenvalue weighted by molar-refractivity contribution is 7.90. The molecule has 0 radical (unpaired) electrons. The molecule has 4 aromatic rings. The Morgan fingerprint density at radius 3 is 2.33 bits per heavy atom. The first-order valence-electron chi connectivity index (χ1n) is 9.38. The van der Waals surface area contributed by atoms with Crippen molar-refractivity contribution < 1.29 is 13.3 Å². The summed E-state index contributed by atoms with van der Waals surface area (Å²) in [6, 6.07) is 15.7. The summed E-state index contributed by atoms with van der Waals surface area (Å²) in [4.78, 5) is 19.4. The number of fused-ring (bicyclic) bond motifs is 1. The molecule has 150 valence electrons. The molecule has 0 atom stereocenters. The first-order valence-corrected chi connectivity index (χ1v) is 10.8. The van der Waals surface area contributed by atoms with E-state index in [9.17, 15) is 18.5 Å². The first-order chi connectivity index (χ1) is 14.5. The molecular weight excluding hydrogens is 404 g/mol. The lowest BCUT2D eigenvalue weighted by Gasteiger charge is -2.11. The van der Waals surface area contributed by atoms with Crippen LogP contribution in [0.1, 0.15) is 24.5 Å². The molecule has 30 heavy (non-hydrogen) atoms. The van der Waals surface area contributed by atoms with Crippen LogP contribution in [0.25, 0.3) is 22.3 Å². The van der Waals surface area contributed by atoms with E-state index in [1.807, 2.05) is 0 Å². The van der Waals surface area contributed by atoms with E-state index < -0.39 is 14.9 Å². The average Bonchev–Trinajstić information content (AvgIpc) is 3.52. The molecule has 9 heteroatoms. The van der Waals surface area contributed by atoms with Crippen LogP contribution < -0.4 is 0 Å². The number of nitrogens with zero attached hydrogens (tertiary/aromatic N) is 4. The van der Waals surface area contributed by atoms with Gasteiger partial charge in [-0.05, 0) is 48.7 Å². The SMILES string of the molecule is O=[N+]([O-])c1ccc(-c2cc3c(C4CC4)ncnc3n2S(=O)(=O)c2ccccc2)cc1. The van der Waals surface area contributed by atoms with Crippen LogP contribution in [0.15, 0.2) is 71.9 Å². The molecule has 1 saturated carbocycles. The number of rotatable bonds is 5. The molecular formula is C21H16N4O4S. The van der Waals surface area contributed by atoms with Crippen LogP contribution in [0.4, 0.5) is 5.69 Å². The van der Waals surface area contributed by atoms with E-state index in [2.05, 4.69) is 9.97 Å². The van der Waals surface area contributed by atoms with Crippen molar-refractivity contribution in [2.24, 2.45) is 0 Å². The monoisotopic (exact) mass is 420 g/mol. The van der Waals surface area contributed by atoms with E-state index in [1.54, 1.807) is 36.4 Å². The van der Waals surface area contributed by atoms with Crippen molar-refractivity contribution in [1.82, 2.24) is 13.9 Å². The third kappa shape index (κ3) is 2.94. The van der Waals surface area contributed by atoms with Crippen LogP contribution in [0.5, 0.6) is 0 Å². The molecule has 0 saturated heterocycles. The molecule has 0 N–H and O–H groups in total. The predicted octanol–water partition coefficient (Wildman–Crippen LogP) is 4.12. The van der Waals surface area contributed by atoms with Crippen molar-refractivity contribution in [2.45, 2.75) is 23.7 Å². The average molecular weight is 420 g/mol. The highest BCUT2D eigenvalue weighted by Gasteiger charge is 2.31. The molecule has 2 aromatic heterocycles. The minimum Gasteiger partial charge on any atom is -0.258 e. The number of aromatic nitrogens is 3. The summed E-state index contributed by atoms with van der Waals surface area (Å²) in [6.45, 7) is 0. The second-order valence-corrected chi connectivity index (χ2v) is 8.97. The van der Waals surface area contributed by atoms with Gasteiger partial charge in [0.2, 0.25) is 0 Å². The van der Waals surface area contributed by atoms with Crippen molar-refractivity contribution in [3.05, 3.63) is 82.8 Å². The lowest BCUT2D eigenvalue weighted by Crippen LogP contribution is -2.14. The molecule has 5 rings (SSSR count). The summed E-state index contributed by atoms with van der Waals surface area (Å²) in [7, 11) is -3.96. The summed E-state index contributed by atoms with van der Waals surface area (Å²) >= 11 is 0. The lowest BCUT2D eigenvalue weighted by atomic mass is 10.1. The molecule has 1 aliphatic rings. The van der Waals surface area contributed by atoms with Gasteiger partial charge >= 0.3 is 0 Å². The van der Waals surface area contributed by atoms with E-state index in [4.69, 9.17) is 0 Å². The normalized spacial score (nSPS) is 14.1. The Hall–Kier alpha value is -3.59. The summed E-state index contributed by atoms with van der Waals surface area (Å²) in [5, 5.41) is 11.7. The van der Waals surface area contributed by atoms with Gasteiger partial charge in [0.15, 0.2) is 5.65 Å². The Morgan fingerprint density at radius 2 is 1.70 bits per heavy atom. The maximum atomic E-state index is 13.6. The lowest BCUT2D eigenvalue weighted by molar-refractivity contribution is -0.384. The second kappa shape index (κ2) is 6.74. The van der Waals surface area contributed by atoms with Gasteiger partial charge in [-0.25, -0.2) is 22.4 Å². The zero-order chi connectivity index (χ0) is 20.9. The first kappa shape index (κ1) is 18.4. The smallest absolute Gasteiger partial charge is 0.258 e. The molecule has 0 aliphatic heterocycles. The van der Waals surface area contributed by atoms with Gasteiger partial charge in [-0.15, -0.1) is 0 Å². The van der Waals surface area contributed by atoms with Crippen LogP contribution in [-0.2, 0) is 10.0 Å². The van der Waals surface area contributed by atoms with E-state index in [-0.39, 0.29) is 10.6 Å². The van der Waals surface area contributed by atoms with Gasteiger partial charge in [-0.1, -0.05) is 18.2 Å². The van der Waals surface area contributed by atoms with Gasteiger partial charge < -0.3 is 0 Å². The summed E-state index contributed by atoms with van der Waals surface area (Å²) in [5.74, 6) is 0.301. The van der Waals surface area contributed by atoms with Crippen LogP contribution >= 0.6 is 0 Å². The zero-order valence-electron chi connectivity index (χ0n) is 15.7. The second-order valence-electron chi connectivity index (χ2n) is 7.19. The van der Waals surface area contributed by atoms with E-state index in [0.717, 1.165) is 18.5 Å². The maximum absolute atomic E-state index is 13.6. The van der Waals surface area contributed by atoms with Gasteiger partial charge in [0.1, 0.15) is 6.33 Å². The molecule has 0 unspecified atom stereocenters. The van der Waals surface area contributed by atoms with Crippen molar-refractivity contribution >= 4 is 26.7 Å². The van der Waals surface area contributed by atoms with Gasteiger partial charge in [-0.2, -0.15) is 0 Å². The highest BCUT2D eigenvalue weighted by atomic mass is 32.2. The number of non-ortho nitro benzene ring substituents is 1. The minimum atomic E-state index is -3.96. The van der Waals surface area contributed by atoms with Crippen molar-refractivity contribution in [3.8, 4) is 11.3 Å². The Morgan fingerprint density at radius 1 is 1.00 bits per heavy atom. The molecule has 0 bridgehead atoms. The van der Waals surface area contributed by atoms with Gasteiger partial charge in [-0.3, -0.25) is 10.1 Å². The van der Waals surface area contributed by atoms with Crippen LogP contribution in [0.3, 0.4) is 0 Å². The minimum absolute atomic E-state index is 0.0641. The maximum Gasteiger partial charge on any atom is 0.269 e. The Bertz CT molecular complexity index is 1380. The van der Waals surface area contributed by atoms with Crippen molar-refractivity contribution in [2.75, 3.05) is 0 Å². The van der Waals surface area contributed by atoms with Crippen LogP contribution in [0.2, 0.25) is 0 Å². The van der Waals surface area contributed by atoms with E-state index in [1.165, 1.54) is 34.6 Å². The van der Waals surface area contributed by atoms with Gasteiger partial charge in [0, 0.05) is 23.4 Å². The number of nitro groups is 1. The molecule has 1 aliphatic carbocycles. The summed E-state index contributed by atoms with van der Waals surface area (Å²) < 4.78 is 28.4. The molecule has 0 amide bonds. The zero-order valence-corrected chi connectivity index (χ0v) is 16.5. The highest BCUT2D eigenvalue weighted by Crippen LogP contribution is 2.43. The van der Waals surface area contributed by atoms with Crippen LogP contribution in [-0.4, -0.2) is 27.3 Å². The third-order valence-electron chi connectivity index (χ3n) is 5.21. The Balaban J connectivity index is 1.80. The fraction of sp³-hybridized carbons (Fsp3) is 0.143. The largest absolute Gasteiger partial charge is 0.269 e. The Labute approximate surface area is 172 Å². The fourth-order valence-electron chi connectivity index (χ4n) is 3.59. The number of hydrogen-bond donors (Lipinski definition) is 0. The third-order valence-corrected chi connectivity index (χ3v) is 6.92. The quantitative estimate of drug-likeness (QED) is 0.355. The fourth-order valence-corrected chi connectivity index (χ4v) is 5.09. The Kier molecular flexibility index (Phi) is 4.14. The molecule has 1 fully saturated rings. The topological polar surface area (TPSA) is 108 Å². The van der Waals surface area contributed by atoms with E-state index >= 15 is 0 Å². The molecule has 2 heterocycles. The molecule has 0 spiro atoms. The summed E-state index contributed by atoms with van der Waals surface area (Å²) in [5.41, 5.74) is 2.02. The van der Waals surface area contributed by atoms with Crippen molar-refractivity contribution in [1.29, 1.82) is 0 Å². The standard InChI is InChI=1S/C21H16N4O4S/c26-25(27)16-10-8-14(9-11-16)19-12-18-20(15-6-7-15)22-13-23-21(18)24(19)30(28,29)17-4-2-1-3-5-17/h1-5,8-13,15H,6-7H2. The number of hydrogen-bond acceptors (Lipinski definition) is 6. The molecule has 2 aromatic carbocycles. The van der Waals surface area contributed by atoms with Crippen molar-refractivity contribution in [3.63, 3.8) is 0 Å². The number of nitro benzene ring substituents is 1. The predicted molar refractivity (Wildman–Crippen MR) is 111 cm³/mol. The number of benzene rings is 2. The van der Waals surface area contributed by atoms with Gasteiger partial charge in [0.05, 0.1) is 21.2 Å². The van der Waals surface area contributed by atoms with E-state index in [0.29, 0.717) is 28.2 Å². The van der Waals surface area contributed by atoms with Crippen LogP contribution in [0, 0.1) is 10.1 Å². The summed E-state index contributed by atoms with van der Waals surface area (Å²) in [6.07, 6.45) is 3.41.